The first-order valence-corrected chi connectivity index (χ1v) is 10.2. The topological polar surface area (TPSA) is 144 Å². The summed E-state index contributed by atoms with van der Waals surface area (Å²) in [5.41, 5.74) is 7.51. The molecule has 0 spiro atoms. The summed E-state index contributed by atoms with van der Waals surface area (Å²) in [5.74, 6) is -0.675. The van der Waals surface area contributed by atoms with Gasteiger partial charge in [0.05, 0.1) is 11.4 Å². The fourth-order valence-corrected chi connectivity index (χ4v) is 4.02. The highest BCUT2D eigenvalue weighted by Gasteiger charge is 2.43. The quantitative estimate of drug-likeness (QED) is 0.565. The second kappa shape index (κ2) is 7.70. The zero-order valence-corrected chi connectivity index (χ0v) is 18.0. The number of nitrogens with two attached hydrogens (primary N) is 1. The van der Waals surface area contributed by atoms with Crippen LogP contribution in [0.15, 0.2) is 36.8 Å². The molecule has 4 N–H and O–H groups in total. The van der Waals surface area contributed by atoms with Crippen LogP contribution in [-0.4, -0.2) is 59.9 Å². The third-order valence-electron chi connectivity index (χ3n) is 5.40. The number of ether oxygens (including phenoxy) is 1. The van der Waals surface area contributed by atoms with Gasteiger partial charge in [-0.05, 0) is 38.5 Å². The molecule has 1 fully saturated rings. The molecule has 2 aromatic heterocycles. The lowest BCUT2D eigenvalue weighted by molar-refractivity contribution is -0.142. The average Bonchev–Trinajstić information content (AvgIpc) is 3.30. The number of carboxylic acid groups (broad SMARTS) is 1. The summed E-state index contributed by atoms with van der Waals surface area (Å²) >= 11 is 0. The van der Waals surface area contributed by atoms with Crippen LogP contribution in [-0.2, 0) is 9.53 Å². The highest BCUT2D eigenvalue weighted by molar-refractivity contribution is 6.00. The molecular weight excluding hydrogens is 414 g/mol. The maximum atomic E-state index is 12.7. The fraction of sp³-hybridized carbons (Fsp3) is 0.364. The summed E-state index contributed by atoms with van der Waals surface area (Å²) < 4.78 is 7.27. The van der Waals surface area contributed by atoms with E-state index in [-0.39, 0.29) is 30.6 Å². The molecule has 2 atom stereocenters. The van der Waals surface area contributed by atoms with E-state index in [0.29, 0.717) is 11.0 Å². The lowest BCUT2D eigenvalue weighted by atomic mass is 10.1. The number of nitrogen functional groups attached to an aromatic ring is 1. The van der Waals surface area contributed by atoms with Crippen LogP contribution >= 0.6 is 0 Å². The van der Waals surface area contributed by atoms with Crippen molar-refractivity contribution in [3.8, 4) is 16.9 Å². The number of anilines is 1. The van der Waals surface area contributed by atoms with Crippen LogP contribution in [0.5, 0.6) is 5.75 Å². The molecule has 1 aliphatic heterocycles. The van der Waals surface area contributed by atoms with Crippen LogP contribution in [0.3, 0.4) is 0 Å². The van der Waals surface area contributed by atoms with Crippen molar-refractivity contribution in [3.05, 3.63) is 36.8 Å². The Kier molecular flexibility index (Phi) is 5.15. The summed E-state index contributed by atoms with van der Waals surface area (Å²) in [6, 6.07) is 5.26. The Balaban J connectivity index is 1.77. The van der Waals surface area contributed by atoms with E-state index in [1.807, 2.05) is 10.8 Å². The van der Waals surface area contributed by atoms with E-state index in [0.717, 1.165) is 11.1 Å². The first-order valence-electron chi connectivity index (χ1n) is 10.2. The van der Waals surface area contributed by atoms with Crippen molar-refractivity contribution in [3.63, 3.8) is 0 Å². The van der Waals surface area contributed by atoms with E-state index in [4.69, 9.17) is 10.5 Å². The second-order valence-electron chi connectivity index (χ2n) is 8.83. The van der Waals surface area contributed by atoms with Gasteiger partial charge in [-0.1, -0.05) is 12.1 Å². The van der Waals surface area contributed by atoms with E-state index >= 15 is 0 Å². The number of carboxylic acids is 1. The van der Waals surface area contributed by atoms with Gasteiger partial charge >= 0.3 is 12.1 Å². The number of fused-ring (bicyclic) bond motifs is 1. The summed E-state index contributed by atoms with van der Waals surface area (Å²) in [7, 11) is 0. The number of hydrogen-bond donors (Lipinski definition) is 3. The minimum absolute atomic E-state index is 0.134. The Bertz CT molecular complexity index is 1180. The standard InChI is InChI=1S/C22H25N5O5/c1-22(2,3)32-21(31)27-9-13(8-16(27)20(29)30)26-10-15(12-4-6-14(28)7-5-12)17-18(23)24-11-25-19(17)26/h4-7,10-11,13,16,28H,8-9H2,1-3H3,(H,29,30)(H2,23,24,25)/t13-,16-/m1/s1. The Labute approximate surface area is 184 Å². The third-order valence-corrected chi connectivity index (χ3v) is 5.40. The number of benzene rings is 1. The number of carbonyl (C=O) groups is 2. The lowest BCUT2D eigenvalue weighted by Crippen LogP contribution is -2.43. The molecule has 0 aliphatic carbocycles. The number of aliphatic carboxylic acids is 1. The minimum atomic E-state index is -1.09. The van der Waals surface area contributed by atoms with Gasteiger partial charge < -0.3 is 25.3 Å². The molecule has 1 saturated heterocycles. The summed E-state index contributed by atoms with van der Waals surface area (Å²) in [5, 5.41) is 20.0. The van der Waals surface area contributed by atoms with Crippen molar-refractivity contribution < 1.29 is 24.5 Å². The highest BCUT2D eigenvalue weighted by atomic mass is 16.6. The molecule has 1 amide bonds. The predicted octanol–water partition coefficient (Wildman–Crippen LogP) is 3.02. The monoisotopic (exact) mass is 439 g/mol. The Morgan fingerprint density at radius 2 is 1.88 bits per heavy atom. The van der Waals surface area contributed by atoms with Crippen LogP contribution in [0.2, 0.25) is 0 Å². The van der Waals surface area contributed by atoms with Crippen molar-refractivity contribution >= 4 is 28.9 Å². The summed E-state index contributed by atoms with van der Waals surface area (Å²) in [6.07, 6.45) is 2.71. The zero-order chi connectivity index (χ0) is 23.2. The van der Waals surface area contributed by atoms with Crippen molar-refractivity contribution in [1.82, 2.24) is 19.4 Å². The smallest absolute Gasteiger partial charge is 0.411 e. The number of phenolic OH excluding ortho intramolecular Hbond substituents is 1. The van der Waals surface area contributed by atoms with E-state index in [1.165, 1.54) is 11.2 Å². The molecule has 0 bridgehead atoms. The van der Waals surface area contributed by atoms with Gasteiger partial charge in [0.15, 0.2) is 0 Å². The normalized spacial score (nSPS) is 18.8. The minimum Gasteiger partial charge on any atom is -0.508 e. The Hall–Kier alpha value is -3.82. The number of likely N-dealkylation sites (tertiary alicyclic amines) is 1. The Morgan fingerprint density at radius 3 is 2.50 bits per heavy atom. The molecule has 32 heavy (non-hydrogen) atoms. The van der Waals surface area contributed by atoms with Crippen LogP contribution in [0.25, 0.3) is 22.2 Å². The molecule has 1 aromatic carbocycles. The van der Waals surface area contributed by atoms with Crippen molar-refractivity contribution in [2.75, 3.05) is 12.3 Å². The zero-order valence-electron chi connectivity index (χ0n) is 18.0. The summed E-state index contributed by atoms with van der Waals surface area (Å²) in [6.45, 7) is 5.35. The van der Waals surface area contributed by atoms with Crippen LogP contribution in [0.4, 0.5) is 10.6 Å². The van der Waals surface area contributed by atoms with Gasteiger partial charge in [-0.2, -0.15) is 0 Å². The maximum Gasteiger partial charge on any atom is 0.411 e. The van der Waals surface area contributed by atoms with Crippen molar-refractivity contribution in [2.24, 2.45) is 0 Å². The highest BCUT2D eigenvalue weighted by Crippen LogP contribution is 2.38. The number of phenols is 1. The summed E-state index contributed by atoms with van der Waals surface area (Å²) in [4.78, 5) is 34.3. The van der Waals surface area contributed by atoms with Gasteiger partial charge in [-0.3, -0.25) is 4.90 Å². The fourth-order valence-electron chi connectivity index (χ4n) is 4.02. The molecule has 10 heteroatoms. The van der Waals surface area contributed by atoms with Crippen molar-refractivity contribution in [1.29, 1.82) is 0 Å². The van der Waals surface area contributed by atoms with E-state index in [2.05, 4.69) is 9.97 Å². The Morgan fingerprint density at radius 1 is 1.19 bits per heavy atom. The first kappa shape index (κ1) is 21.4. The molecule has 1 aliphatic rings. The number of carbonyl (C=O) groups excluding carboxylic acids is 1. The first-order chi connectivity index (χ1) is 15.0. The van der Waals surface area contributed by atoms with Crippen LogP contribution in [0, 0.1) is 0 Å². The molecule has 10 nitrogen and oxygen atoms in total. The van der Waals surface area contributed by atoms with Crippen LogP contribution < -0.4 is 5.73 Å². The number of amides is 1. The van der Waals surface area contributed by atoms with Gasteiger partial charge in [0.25, 0.3) is 0 Å². The molecule has 4 rings (SSSR count). The molecule has 3 aromatic rings. The maximum absolute atomic E-state index is 12.7. The molecule has 0 radical (unpaired) electrons. The molecule has 168 valence electrons. The van der Waals surface area contributed by atoms with Gasteiger partial charge in [0, 0.05) is 24.7 Å². The van der Waals surface area contributed by atoms with E-state index < -0.39 is 23.7 Å². The number of rotatable bonds is 3. The largest absolute Gasteiger partial charge is 0.508 e. The van der Waals surface area contributed by atoms with Gasteiger partial charge in [-0.15, -0.1) is 0 Å². The lowest BCUT2D eigenvalue weighted by Gasteiger charge is -2.26. The van der Waals surface area contributed by atoms with Gasteiger partial charge in [0.1, 0.15) is 35.2 Å². The van der Waals surface area contributed by atoms with Crippen LogP contribution in [0.1, 0.15) is 33.2 Å². The second-order valence-corrected chi connectivity index (χ2v) is 8.83. The SMILES string of the molecule is CC(C)(C)OC(=O)N1C[C@H](n2cc(-c3ccc(O)cc3)c3c(N)ncnc32)C[C@@H]1C(=O)O. The van der Waals surface area contributed by atoms with E-state index in [1.54, 1.807) is 45.0 Å². The number of nitrogens with zero attached hydrogens (tertiary/aromatic N) is 4. The molecular formula is C22H25N5O5. The molecule has 3 heterocycles. The number of aromatic hydroxyl groups is 1. The molecule has 0 saturated carbocycles. The van der Waals surface area contributed by atoms with Gasteiger partial charge in [-0.25, -0.2) is 19.6 Å². The van der Waals surface area contributed by atoms with Crippen molar-refractivity contribution in [2.45, 2.75) is 44.9 Å². The van der Waals surface area contributed by atoms with E-state index in [9.17, 15) is 19.8 Å². The average molecular weight is 439 g/mol. The predicted molar refractivity (Wildman–Crippen MR) is 117 cm³/mol. The number of hydrogen-bond acceptors (Lipinski definition) is 7. The molecule has 0 unspecified atom stereocenters. The number of aromatic nitrogens is 3. The third kappa shape index (κ3) is 3.91. The van der Waals surface area contributed by atoms with Gasteiger partial charge in [0.2, 0.25) is 0 Å².